The van der Waals surface area contributed by atoms with Crippen LogP contribution in [0.15, 0.2) is 11.6 Å². The van der Waals surface area contributed by atoms with Crippen LogP contribution >= 0.6 is 0 Å². The van der Waals surface area contributed by atoms with Crippen molar-refractivity contribution in [1.29, 1.82) is 5.26 Å². The molecule has 1 N–H and O–H groups in total. The molecule has 3 rings (SSSR count). The molecule has 0 radical (unpaired) electrons. The molecular weight excluding hydrogens is 392 g/mol. The number of ether oxygens (including phenoxy) is 2. The van der Waals surface area contributed by atoms with Crippen molar-refractivity contribution < 1.29 is 14.3 Å². The third kappa shape index (κ3) is 5.97. The second kappa shape index (κ2) is 10.9. The Bertz CT molecular complexity index is 825. The fourth-order valence-electron chi connectivity index (χ4n) is 4.54. The van der Waals surface area contributed by atoms with Gasteiger partial charge in [0.1, 0.15) is 11.6 Å². The van der Waals surface area contributed by atoms with Gasteiger partial charge in [-0.2, -0.15) is 5.26 Å². The van der Waals surface area contributed by atoms with E-state index in [2.05, 4.69) is 41.6 Å². The summed E-state index contributed by atoms with van der Waals surface area (Å²) in [6.45, 7) is 13.8. The first-order valence-corrected chi connectivity index (χ1v) is 11.4. The Balaban J connectivity index is 1.67. The minimum Gasteiger partial charge on any atom is -0.379 e. The van der Waals surface area contributed by atoms with Crippen LogP contribution in [0.5, 0.6) is 0 Å². The number of carbonyl (C=O) groups excluding carboxylic acids is 1. The fraction of sp³-hybridized carbons (Fsp3) is 0.667. The van der Waals surface area contributed by atoms with Gasteiger partial charge in [-0.05, 0) is 50.3 Å². The Morgan fingerprint density at radius 3 is 2.68 bits per heavy atom. The standard InChI is InChI=1S/C24H36N4O3/c1-17(2)23(27-7-10-30-11-8-27)15-26-24(29)21(14-25)13-20-12-18(3)28(19(20)4)16-22-6-5-9-31-22/h12-13,17,22-23H,5-11,15-16H2,1-4H3,(H,26,29)/b21-13+. The van der Waals surface area contributed by atoms with Gasteiger partial charge in [-0.3, -0.25) is 9.69 Å². The number of hydrogen-bond acceptors (Lipinski definition) is 5. The van der Waals surface area contributed by atoms with Gasteiger partial charge >= 0.3 is 0 Å². The van der Waals surface area contributed by atoms with Crippen LogP contribution in [0.2, 0.25) is 0 Å². The van der Waals surface area contributed by atoms with Gasteiger partial charge in [0.2, 0.25) is 0 Å². The molecule has 170 valence electrons. The normalized spacial score (nSPS) is 21.3. The SMILES string of the molecule is Cc1cc(/C=C(\C#N)C(=O)NCC(C(C)C)N2CCOCC2)c(C)n1CC1CCCO1. The van der Waals surface area contributed by atoms with Crippen molar-refractivity contribution in [3.63, 3.8) is 0 Å². The Kier molecular flexibility index (Phi) is 8.30. The molecule has 0 aromatic carbocycles. The number of morpholine rings is 1. The zero-order valence-electron chi connectivity index (χ0n) is 19.3. The van der Waals surface area contributed by atoms with Crippen molar-refractivity contribution in [1.82, 2.24) is 14.8 Å². The van der Waals surface area contributed by atoms with E-state index in [1.165, 1.54) is 0 Å². The molecule has 7 heteroatoms. The topological polar surface area (TPSA) is 79.5 Å². The van der Waals surface area contributed by atoms with Crippen LogP contribution in [0.25, 0.3) is 6.08 Å². The zero-order valence-corrected chi connectivity index (χ0v) is 19.3. The van der Waals surface area contributed by atoms with E-state index in [0.29, 0.717) is 12.5 Å². The monoisotopic (exact) mass is 428 g/mol. The summed E-state index contributed by atoms with van der Waals surface area (Å²) in [5.74, 6) is 0.0787. The molecule has 0 saturated carbocycles. The van der Waals surface area contributed by atoms with Crippen LogP contribution in [-0.2, 0) is 20.8 Å². The number of nitrogens with zero attached hydrogens (tertiary/aromatic N) is 3. The van der Waals surface area contributed by atoms with Gasteiger partial charge in [-0.25, -0.2) is 0 Å². The lowest BCUT2D eigenvalue weighted by Crippen LogP contribution is -2.51. The molecule has 2 fully saturated rings. The van der Waals surface area contributed by atoms with E-state index in [0.717, 1.165) is 69.2 Å². The summed E-state index contributed by atoms with van der Waals surface area (Å²) in [4.78, 5) is 15.2. The molecule has 2 saturated heterocycles. The molecule has 2 atom stereocenters. The summed E-state index contributed by atoms with van der Waals surface area (Å²) in [5, 5.41) is 12.6. The van der Waals surface area contributed by atoms with E-state index in [-0.39, 0.29) is 23.6 Å². The van der Waals surface area contributed by atoms with E-state index in [1.807, 2.05) is 13.0 Å². The Morgan fingerprint density at radius 1 is 1.32 bits per heavy atom. The lowest BCUT2D eigenvalue weighted by atomic mass is 10.0. The lowest BCUT2D eigenvalue weighted by Gasteiger charge is -2.36. The van der Waals surface area contributed by atoms with Crippen LogP contribution in [0.1, 0.15) is 43.6 Å². The number of hydrogen-bond donors (Lipinski definition) is 1. The molecule has 3 heterocycles. The summed E-state index contributed by atoms with van der Waals surface area (Å²) in [6.07, 6.45) is 4.14. The van der Waals surface area contributed by atoms with Gasteiger partial charge in [0.25, 0.3) is 5.91 Å². The predicted octanol–water partition coefficient (Wildman–Crippen LogP) is 2.66. The summed E-state index contributed by atoms with van der Waals surface area (Å²) in [5.41, 5.74) is 3.23. The van der Waals surface area contributed by atoms with Crippen molar-refractivity contribution in [3.05, 3.63) is 28.6 Å². The van der Waals surface area contributed by atoms with Crippen LogP contribution in [0.3, 0.4) is 0 Å². The van der Waals surface area contributed by atoms with Crippen LogP contribution < -0.4 is 5.32 Å². The summed E-state index contributed by atoms with van der Waals surface area (Å²) >= 11 is 0. The molecule has 7 nitrogen and oxygen atoms in total. The molecule has 0 spiro atoms. The van der Waals surface area contributed by atoms with E-state index >= 15 is 0 Å². The maximum absolute atomic E-state index is 12.8. The average molecular weight is 429 g/mol. The van der Waals surface area contributed by atoms with Crippen LogP contribution in [-0.4, -0.2) is 67.0 Å². The third-order valence-corrected chi connectivity index (χ3v) is 6.44. The molecule has 31 heavy (non-hydrogen) atoms. The van der Waals surface area contributed by atoms with Gasteiger partial charge in [0.05, 0.1) is 19.3 Å². The maximum atomic E-state index is 12.8. The average Bonchev–Trinajstić information content (AvgIpc) is 3.36. The number of carbonyl (C=O) groups is 1. The highest BCUT2D eigenvalue weighted by atomic mass is 16.5. The quantitative estimate of drug-likeness (QED) is 0.509. The molecule has 0 bridgehead atoms. The molecule has 2 aliphatic heterocycles. The van der Waals surface area contributed by atoms with E-state index in [4.69, 9.17) is 9.47 Å². The predicted molar refractivity (Wildman–Crippen MR) is 120 cm³/mol. The van der Waals surface area contributed by atoms with Crippen LogP contribution in [0.4, 0.5) is 0 Å². The highest BCUT2D eigenvalue weighted by Crippen LogP contribution is 2.22. The largest absolute Gasteiger partial charge is 0.379 e. The lowest BCUT2D eigenvalue weighted by molar-refractivity contribution is -0.117. The second-order valence-corrected chi connectivity index (χ2v) is 8.91. The molecule has 2 aliphatic rings. The van der Waals surface area contributed by atoms with E-state index in [9.17, 15) is 10.1 Å². The van der Waals surface area contributed by atoms with Crippen molar-refractivity contribution in [2.75, 3.05) is 39.5 Å². The van der Waals surface area contributed by atoms with Crippen molar-refractivity contribution >= 4 is 12.0 Å². The van der Waals surface area contributed by atoms with Crippen molar-refractivity contribution in [3.8, 4) is 6.07 Å². The Morgan fingerprint density at radius 2 is 2.06 bits per heavy atom. The highest BCUT2D eigenvalue weighted by molar-refractivity contribution is 6.01. The number of nitriles is 1. The third-order valence-electron chi connectivity index (χ3n) is 6.44. The van der Waals surface area contributed by atoms with Gasteiger partial charge < -0.3 is 19.4 Å². The van der Waals surface area contributed by atoms with Gasteiger partial charge in [0.15, 0.2) is 0 Å². The van der Waals surface area contributed by atoms with Gasteiger partial charge in [-0.15, -0.1) is 0 Å². The molecule has 0 aliphatic carbocycles. The molecule has 1 aromatic heterocycles. The Labute approximate surface area is 186 Å². The first kappa shape index (κ1) is 23.5. The summed E-state index contributed by atoms with van der Waals surface area (Å²) in [6, 6.07) is 4.36. The number of amides is 1. The minimum atomic E-state index is -0.315. The number of aromatic nitrogens is 1. The number of aryl methyl sites for hydroxylation is 1. The molecule has 2 unspecified atom stereocenters. The Hall–Kier alpha value is -2.14. The molecule has 1 amide bonds. The second-order valence-electron chi connectivity index (χ2n) is 8.91. The van der Waals surface area contributed by atoms with Gasteiger partial charge in [0, 0.05) is 50.2 Å². The van der Waals surface area contributed by atoms with Gasteiger partial charge in [-0.1, -0.05) is 13.8 Å². The number of nitrogens with one attached hydrogen (secondary N) is 1. The fourth-order valence-corrected chi connectivity index (χ4v) is 4.54. The minimum absolute atomic E-state index is 0.141. The maximum Gasteiger partial charge on any atom is 0.262 e. The van der Waals surface area contributed by atoms with Crippen LogP contribution in [0, 0.1) is 31.1 Å². The van der Waals surface area contributed by atoms with E-state index < -0.39 is 0 Å². The summed E-state index contributed by atoms with van der Waals surface area (Å²) in [7, 11) is 0. The first-order chi connectivity index (χ1) is 14.9. The summed E-state index contributed by atoms with van der Waals surface area (Å²) < 4.78 is 13.5. The molecular formula is C24H36N4O3. The van der Waals surface area contributed by atoms with Crippen molar-refractivity contribution in [2.45, 2.75) is 59.2 Å². The van der Waals surface area contributed by atoms with E-state index in [1.54, 1.807) is 6.08 Å². The number of rotatable bonds is 8. The molecule has 1 aromatic rings. The van der Waals surface area contributed by atoms with Crippen molar-refractivity contribution in [2.24, 2.45) is 5.92 Å². The first-order valence-electron chi connectivity index (χ1n) is 11.4. The highest BCUT2D eigenvalue weighted by Gasteiger charge is 2.25. The smallest absolute Gasteiger partial charge is 0.262 e. The zero-order chi connectivity index (χ0) is 22.4.